The SMILES string of the molecule is O=C(NC1CCN(Cc2ccccc2)C1)C1CCN(C(=O)c2ccc(C(F)(F)F)cc2)CC1. The lowest BCUT2D eigenvalue weighted by Crippen LogP contribution is -2.46. The summed E-state index contributed by atoms with van der Waals surface area (Å²) in [5, 5.41) is 3.17. The summed E-state index contributed by atoms with van der Waals surface area (Å²) in [5.74, 6) is -0.414. The van der Waals surface area contributed by atoms with Crippen molar-refractivity contribution in [3.63, 3.8) is 0 Å². The molecule has 0 radical (unpaired) electrons. The molecule has 2 saturated heterocycles. The Hall–Kier alpha value is -2.87. The van der Waals surface area contributed by atoms with Gasteiger partial charge in [-0.1, -0.05) is 30.3 Å². The number of likely N-dealkylation sites (tertiary alicyclic amines) is 2. The van der Waals surface area contributed by atoms with Crippen molar-refractivity contribution < 1.29 is 22.8 Å². The number of rotatable bonds is 5. The van der Waals surface area contributed by atoms with Crippen molar-refractivity contribution in [3.8, 4) is 0 Å². The molecule has 0 bridgehead atoms. The maximum atomic E-state index is 12.8. The van der Waals surface area contributed by atoms with Crippen molar-refractivity contribution in [1.82, 2.24) is 15.1 Å². The molecule has 2 fully saturated rings. The first-order valence-electron chi connectivity index (χ1n) is 11.3. The summed E-state index contributed by atoms with van der Waals surface area (Å²) in [6.07, 6.45) is -2.40. The third kappa shape index (κ3) is 5.93. The molecule has 2 amide bonds. The number of benzene rings is 2. The molecule has 176 valence electrons. The van der Waals surface area contributed by atoms with E-state index in [0.717, 1.165) is 38.2 Å². The Balaban J connectivity index is 1.22. The quantitative estimate of drug-likeness (QED) is 0.737. The van der Waals surface area contributed by atoms with E-state index in [-0.39, 0.29) is 29.3 Å². The van der Waals surface area contributed by atoms with Crippen LogP contribution in [0.5, 0.6) is 0 Å². The van der Waals surface area contributed by atoms with E-state index in [0.29, 0.717) is 25.9 Å². The molecule has 33 heavy (non-hydrogen) atoms. The summed E-state index contributed by atoms with van der Waals surface area (Å²) >= 11 is 0. The van der Waals surface area contributed by atoms with Gasteiger partial charge in [0.15, 0.2) is 0 Å². The highest BCUT2D eigenvalue weighted by atomic mass is 19.4. The van der Waals surface area contributed by atoms with Gasteiger partial charge in [0.05, 0.1) is 5.56 Å². The van der Waals surface area contributed by atoms with E-state index in [4.69, 9.17) is 0 Å². The average Bonchev–Trinajstić information content (AvgIpc) is 3.25. The van der Waals surface area contributed by atoms with Crippen molar-refractivity contribution in [3.05, 3.63) is 71.3 Å². The average molecular weight is 460 g/mol. The number of amides is 2. The lowest BCUT2D eigenvalue weighted by Gasteiger charge is -2.32. The van der Waals surface area contributed by atoms with Crippen LogP contribution in [0.2, 0.25) is 0 Å². The van der Waals surface area contributed by atoms with Gasteiger partial charge >= 0.3 is 6.18 Å². The fourth-order valence-corrected chi connectivity index (χ4v) is 4.58. The summed E-state index contributed by atoms with van der Waals surface area (Å²) in [5.41, 5.74) is 0.716. The predicted octanol–water partition coefficient (Wildman–Crippen LogP) is 3.95. The van der Waals surface area contributed by atoms with E-state index < -0.39 is 11.7 Å². The summed E-state index contributed by atoms with van der Waals surface area (Å²) in [7, 11) is 0. The standard InChI is InChI=1S/C25H28F3N3O2/c26-25(27,28)21-8-6-20(7-9-21)24(33)31-14-10-19(11-15-31)23(32)29-22-12-13-30(17-22)16-18-4-2-1-3-5-18/h1-9,19,22H,10-17H2,(H,29,32). The molecule has 8 heteroatoms. The number of hydrogen-bond donors (Lipinski definition) is 1. The Morgan fingerprint density at radius 2 is 1.58 bits per heavy atom. The van der Waals surface area contributed by atoms with Crippen molar-refractivity contribution in [2.75, 3.05) is 26.2 Å². The molecule has 2 aromatic rings. The second kappa shape index (κ2) is 9.95. The second-order valence-electron chi connectivity index (χ2n) is 8.86. The van der Waals surface area contributed by atoms with E-state index in [9.17, 15) is 22.8 Å². The molecule has 2 heterocycles. The molecular formula is C25H28F3N3O2. The minimum absolute atomic E-state index is 0.0307. The van der Waals surface area contributed by atoms with Crippen LogP contribution >= 0.6 is 0 Å². The van der Waals surface area contributed by atoms with Crippen molar-refractivity contribution in [1.29, 1.82) is 0 Å². The molecule has 1 N–H and O–H groups in total. The third-order valence-electron chi connectivity index (χ3n) is 6.48. The van der Waals surface area contributed by atoms with E-state index in [1.807, 2.05) is 18.2 Å². The number of nitrogens with one attached hydrogen (secondary N) is 1. The Bertz CT molecular complexity index is 955. The fourth-order valence-electron chi connectivity index (χ4n) is 4.58. The van der Waals surface area contributed by atoms with Crippen LogP contribution in [0.25, 0.3) is 0 Å². The molecule has 2 aromatic carbocycles. The molecule has 0 aromatic heterocycles. The molecule has 5 nitrogen and oxygen atoms in total. The molecule has 1 unspecified atom stereocenters. The van der Waals surface area contributed by atoms with Gasteiger partial charge in [0.25, 0.3) is 5.91 Å². The monoisotopic (exact) mass is 459 g/mol. The number of hydrogen-bond acceptors (Lipinski definition) is 3. The first-order valence-corrected chi connectivity index (χ1v) is 11.3. The minimum Gasteiger partial charge on any atom is -0.352 e. The van der Waals surface area contributed by atoms with Crippen LogP contribution < -0.4 is 5.32 Å². The van der Waals surface area contributed by atoms with E-state index in [1.54, 1.807) is 4.90 Å². The molecular weight excluding hydrogens is 431 g/mol. The van der Waals surface area contributed by atoms with Gasteiger partial charge in [0.1, 0.15) is 0 Å². The molecule has 2 aliphatic rings. The Kier molecular flexibility index (Phi) is 7.02. The van der Waals surface area contributed by atoms with Crippen LogP contribution in [0.15, 0.2) is 54.6 Å². The number of alkyl halides is 3. The molecule has 2 aliphatic heterocycles. The van der Waals surface area contributed by atoms with Crippen LogP contribution in [0, 0.1) is 5.92 Å². The fraction of sp³-hybridized carbons (Fsp3) is 0.440. The van der Waals surface area contributed by atoms with E-state index in [1.165, 1.54) is 17.7 Å². The molecule has 0 aliphatic carbocycles. The zero-order valence-electron chi connectivity index (χ0n) is 18.4. The predicted molar refractivity (Wildman–Crippen MR) is 118 cm³/mol. The number of piperidine rings is 1. The van der Waals surface area contributed by atoms with Crippen molar-refractivity contribution in [2.45, 2.75) is 38.0 Å². The number of carbonyl (C=O) groups excluding carboxylic acids is 2. The molecule has 0 saturated carbocycles. The normalized spacial score (nSPS) is 20.1. The van der Waals surface area contributed by atoms with E-state index >= 15 is 0 Å². The van der Waals surface area contributed by atoms with Crippen molar-refractivity contribution in [2.24, 2.45) is 5.92 Å². The van der Waals surface area contributed by atoms with Crippen LogP contribution in [-0.4, -0.2) is 53.8 Å². The summed E-state index contributed by atoms with van der Waals surface area (Å²) < 4.78 is 38.2. The minimum atomic E-state index is -4.43. The number of halogens is 3. The zero-order valence-corrected chi connectivity index (χ0v) is 18.4. The lowest BCUT2D eigenvalue weighted by atomic mass is 9.95. The maximum Gasteiger partial charge on any atom is 0.416 e. The first kappa shape index (κ1) is 23.3. The van der Waals surface area contributed by atoms with Gasteiger partial charge in [0, 0.05) is 50.2 Å². The summed E-state index contributed by atoms with van der Waals surface area (Å²) in [6, 6.07) is 14.7. The van der Waals surface area contributed by atoms with Crippen LogP contribution in [0.1, 0.15) is 40.7 Å². The van der Waals surface area contributed by atoms with Gasteiger partial charge in [-0.3, -0.25) is 14.5 Å². The first-order chi connectivity index (χ1) is 15.8. The van der Waals surface area contributed by atoms with Gasteiger partial charge in [-0.2, -0.15) is 13.2 Å². The van der Waals surface area contributed by atoms with Gasteiger partial charge in [-0.25, -0.2) is 0 Å². The third-order valence-corrected chi connectivity index (χ3v) is 6.48. The highest BCUT2D eigenvalue weighted by molar-refractivity contribution is 5.94. The Morgan fingerprint density at radius 1 is 0.909 bits per heavy atom. The number of nitrogens with zero attached hydrogens (tertiary/aromatic N) is 2. The van der Waals surface area contributed by atoms with Crippen LogP contribution in [0.4, 0.5) is 13.2 Å². The highest BCUT2D eigenvalue weighted by Crippen LogP contribution is 2.29. The number of carbonyl (C=O) groups is 2. The molecule has 1 atom stereocenters. The van der Waals surface area contributed by atoms with Crippen LogP contribution in [-0.2, 0) is 17.5 Å². The molecule has 0 spiro atoms. The second-order valence-corrected chi connectivity index (χ2v) is 8.86. The summed E-state index contributed by atoms with van der Waals surface area (Å²) in [4.78, 5) is 29.4. The topological polar surface area (TPSA) is 52.7 Å². The Labute approximate surface area is 191 Å². The van der Waals surface area contributed by atoms with Crippen LogP contribution in [0.3, 0.4) is 0 Å². The van der Waals surface area contributed by atoms with Gasteiger partial charge in [-0.05, 0) is 49.1 Å². The van der Waals surface area contributed by atoms with Gasteiger partial charge in [-0.15, -0.1) is 0 Å². The van der Waals surface area contributed by atoms with E-state index in [2.05, 4.69) is 22.3 Å². The van der Waals surface area contributed by atoms with Gasteiger partial charge in [0.2, 0.25) is 5.91 Å². The molecule has 4 rings (SSSR count). The van der Waals surface area contributed by atoms with Gasteiger partial charge < -0.3 is 10.2 Å². The smallest absolute Gasteiger partial charge is 0.352 e. The largest absolute Gasteiger partial charge is 0.416 e. The van der Waals surface area contributed by atoms with Crippen molar-refractivity contribution >= 4 is 11.8 Å². The Morgan fingerprint density at radius 3 is 2.21 bits per heavy atom. The lowest BCUT2D eigenvalue weighted by molar-refractivity contribution is -0.137. The highest BCUT2D eigenvalue weighted by Gasteiger charge is 2.32. The maximum absolute atomic E-state index is 12.8. The summed E-state index contributed by atoms with van der Waals surface area (Å²) in [6.45, 7) is 3.48. The zero-order chi connectivity index (χ0) is 23.4.